The summed E-state index contributed by atoms with van der Waals surface area (Å²) in [5, 5.41) is 11.0. The first-order valence-corrected chi connectivity index (χ1v) is 9.81. The minimum Gasteiger partial charge on any atom is -0.451 e. The summed E-state index contributed by atoms with van der Waals surface area (Å²) in [6.45, 7) is 1.59. The maximum absolute atomic E-state index is 12.3. The Hall–Kier alpha value is -2.96. The van der Waals surface area contributed by atoms with Crippen molar-refractivity contribution >= 4 is 17.7 Å². The summed E-state index contributed by atoms with van der Waals surface area (Å²) in [6.07, 6.45) is 4.48. The normalized spacial score (nSPS) is 17.2. The number of carbonyl (C=O) groups excluding carboxylic acids is 2. The molecule has 7 nitrogen and oxygen atoms in total. The summed E-state index contributed by atoms with van der Waals surface area (Å²) in [5.41, 5.74) is 1.19. The Morgan fingerprint density at radius 3 is 2.46 bits per heavy atom. The van der Waals surface area contributed by atoms with E-state index in [1.165, 1.54) is 0 Å². The van der Waals surface area contributed by atoms with E-state index in [9.17, 15) is 9.59 Å². The van der Waals surface area contributed by atoms with Crippen molar-refractivity contribution in [2.45, 2.75) is 31.7 Å². The van der Waals surface area contributed by atoms with Crippen molar-refractivity contribution in [3.05, 3.63) is 53.7 Å². The van der Waals surface area contributed by atoms with Gasteiger partial charge in [-0.1, -0.05) is 30.3 Å². The van der Waals surface area contributed by atoms with Crippen molar-refractivity contribution in [3.63, 3.8) is 0 Å². The van der Waals surface area contributed by atoms with Crippen LogP contribution in [-0.4, -0.2) is 41.8 Å². The van der Waals surface area contributed by atoms with E-state index in [0.717, 1.165) is 50.2 Å². The number of nitrogens with zero attached hydrogens (tertiary/aromatic N) is 3. The van der Waals surface area contributed by atoms with E-state index in [1.54, 1.807) is 12.1 Å². The number of benzene rings is 1. The molecule has 2 fully saturated rings. The molecule has 0 spiro atoms. The fourth-order valence-electron chi connectivity index (χ4n) is 3.53. The number of amides is 1. The van der Waals surface area contributed by atoms with Crippen LogP contribution < -0.4 is 10.2 Å². The van der Waals surface area contributed by atoms with E-state index in [0.29, 0.717) is 5.92 Å². The number of rotatable bonds is 7. The quantitative estimate of drug-likeness (QED) is 0.743. The van der Waals surface area contributed by atoms with Crippen LogP contribution in [0.2, 0.25) is 0 Å². The molecule has 1 saturated heterocycles. The molecule has 4 rings (SSSR count). The maximum Gasteiger partial charge on any atom is 0.359 e. The van der Waals surface area contributed by atoms with E-state index in [-0.39, 0.29) is 24.2 Å². The number of hydrogen-bond donors (Lipinski definition) is 1. The SMILES string of the molecule is O=C(COC(=O)c1ccc(N2CCCC2)nn1)NC(c1ccccc1)C1CC1. The van der Waals surface area contributed by atoms with Gasteiger partial charge in [0.25, 0.3) is 5.91 Å². The lowest BCUT2D eigenvalue weighted by Crippen LogP contribution is -2.33. The molecule has 1 N–H and O–H groups in total. The van der Waals surface area contributed by atoms with E-state index >= 15 is 0 Å². The predicted molar refractivity (Wildman–Crippen MR) is 104 cm³/mol. The van der Waals surface area contributed by atoms with E-state index in [2.05, 4.69) is 20.4 Å². The highest BCUT2D eigenvalue weighted by atomic mass is 16.5. The number of aromatic nitrogens is 2. The van der Waals surface area contributed by atoms with Crippen LogP contribution in [0.15, 0.2) is 42.5 Å². The Labute approximate surface area is 164 Å². The van der Waals surface area contributed by atoms with Crippen LogP contribution in [0.25, 0.3) is 0 Å². The second-order valence-electron chi connectivity index (χ2n) is 7.34. The molecule has 1 aromatic carbocycles. The third-order valence-corrected chi connectivity index (χ3v) is 5.19. The molecule has 146 valence electrons. The molecule has 1 aliphatic heterocycles. The number of nitrogens with one attached hydrogen (secondary N) is 1. The molecule has 1 unspecified atom stereocenters. The molecule has 2 aliphatic rings. The van der Waals surface area contributed by atoms with Crippen molar-refractivity contribution in [3.8, 4) is 0 Å². The molecule has 1 aromatic heterocycles. The molecule has 1 amide bonds. The summed E-state index contributed by atoms with van der Waals surface area (Å²) in [5.74, 6) is 0.266. The third kappa shape index (κ3) is 4.47. The van der Waals surface area contributed by atoms with Gasteiger partial charge in [-0.05, 0) is 49.3 Å². The molecule has 1 saturated carbocycles. The van der Waals surface area contributed by atoms with E-state index in [4.69, 9.17) is 4.74 Å². The Morgan fingerprint density at radius 2 is 1.82 bits per heavy atom. The lowest BCUT2D eigenvalue weighted by molar-refractivity contribution is -0.125. The zero-order chi connectivity index (χ0) is 19.3. The zero-order valence-corrected chi connectivity index (χ0v) is 15.7. The van der Waals surface area contributed by atoms with Gasteiger partial charge in [0.15, 0.2) is 18.1 Å². The Morgan fingerprint density at radius 1 is 1.07 bits per heavy atom. The number of hydrogen-bond acceptors (Lipinski definition) is 6. The fraction of sp³-hybridized carbons (Fsp3) is 0.429. The van der Waals surface area contributed by atoms with Gasteiger partial charge in [0.2, 0.25) is 0 Å². The molecular weight excluding hydrogens is 356 g/mol. The van der Waals surface area contributed by atoms with Crippen molar-refractivity contribution in [2.75, 3.05) is 24.6 Å². The second-order valence-corrected chi connectivity index (χ2v) is 7.34. The highest BCUT2D eigenvalue weighted by Crippen LogP contribution is 2.40. The van der Waals surface area contributed by atoms with Gasteiger partial charge >= 0.3 is 5.97 Å². The number of esters is 1. The molecule has 1 aliphatic carbocycles. The fourth-order valence-corrected chi connectivity index (χ4v) is 3.53. The smallest absolute Gasteiger partial charge is 0.359 e. The standard InChI is InChI=1S/C21H24N4O3/c26-19(22-20(16-8-9-16)15-6-2-1-3-7-15)14-28-21(27)17-10-11-18(24-23-17)25-12-4-5-13-25/h1-3,6-7,10-11,16,20H,4-5,8-9,12-14H2,(H,22,26). The van der Waals surface area contributed by atoms with Crippen molar-refractivity contribution in [2.24, 2.45) is 5.92 Å². The molecule has 0 radical (unpaired) electrons. The van der Waals surface area contributed by atoms with Crippen LogP contribution in [0.4, 0.5) is 5.82 Å². The Kier molecular flexibility index (Phi) is 5.50. The summed E-state index contributed by atoms with van der Waals surface area (Å²) in [6, 6.07) is 13.2. The first-order chi connectivity index (χ1) is 13.7. The van der Waals surface area contributed by atoms with E-state index in [1.807, 2.05) is 30.3 Å². The summed E-state index contributed by atoms with van der Waals surface area (Å²) >= 11 is 0. The van der Waals surface area contributed by atoms with Gasteiger partial charge in [0, 0.05) is 13.1 Å². The predicted octanol–water partition coefficient (Wildman–Crippen LogP) is 2.50. The highest BCUT2D eigenvalue weighted by Gasteiger charge is 2.33. The van der Waals surface area contributed by atoms with Gasteiger partial charge < -0.3 is 15.0 Å². The number of ether oxygens (including phenoxy) is 1. The molecule has 0 bridgehead atoms. The number of anilines is 1. The molecule has 2 aromatic rings. The average Bonchev–Trinajstić information content (AvgIpc) is 3.43. The monoisotopic (exact) mass is 380 g/mol. The maximum atomic E-state index is 12.3. The van der Waals surface area contributed by atoms with Crippen molar-refractivity contribution in [1.29, 1.82) is 0 Å². The van der Waals surface area contributed by atoms with Crippen LogP contribution >= 0.6 is 0 Å². The van der Waals surface area contributed by atoms with E-state index < -0.39 is 5.97 Å². The Bertz CT molecular complexity index is 815. The molecular formula is C21H24N4O3. The zero-order valence-electron chi connectivity index (χ0n) is 15.7. The van der Waals surface area contributed by atoms with Crippen LogP contribution in [0, 0.1) is 5.92 Å². The minimum atomic E-state index is -0.640. The summed E-state index contributed by atoms with van der Waals surface area (Å²) in [4.78, 5) is 26.6. The van der Waals surface area contributed by atoms with Crippen LogP contribution in [-0.2, 0) is 9.53 Å². The molecule has 1 atom stereocenters. The molecule has 7 heteroatoms. The average molecular weight is 380 g/mol. The molecule has 2 heterocycles. The van der Waals surface area contributed by atoms with Crippen molar-refractivity contribution < 1.29 is 14.3 Å². The van der Waals surface area contributed by atoms with Gasteiger partial charge in [-0.25, -0.2) is 4.79 Å². The highest BCUT2D eigenvalue weighted by molar-refractivity contribution is 5.89. The second kappa shape index (κ2) is 8.37. The summed E-state index contributed by atoms with van der Waals surface area (Å²) in [7, 11) is 0. The van der Waals surface area contributed by atoms with Crippen LogP contribution in [0.5, 0.6) is 0 Å². The first-order valence-electron chi connectivity index (χ1n) is 9.81. The lowest BCUT2D eigenvalue weighted by Gasteiger charge is -2.18. The largest absolute Gasteiger partial charge is 0.451 e. The number of carbonyl (C=O) groups is 2. The van der Waals surface area contributed by atoms with Gasteiger partial charge in [0.05, 0.1) is 6.04 Å². The van der Waals surface area contributed by atoms with Gasteiger partial charge in [-0.2, -0.15) is 0 Å². The third-order valence-electron chi connectivity index (χ3n) is 5.19. The van der Waals surface area contributed by atoms with Gasteiger partial charge in [0.1, 0.15) is 0 Å². The topological polar surface area (TPSA) is 84.4 Å². The van der Waals surface area contributed by atoms with Crippen molar-refractivity contribution in [1.82, 2.24) is 15.5 Å². The first kappa shape index (κ1) is 18.4. The van der Waals surface area contributed by atoms with Gasteiger partial charge in [-0.3, -0.25) is 4.79 Å². The minimum absolute atomic E-state index is 0.0352. The Balaban J connectivity index is 1.29. The summed E-state index contributed by atoms with van der Waals surface area (Å²) < 4.78 is 5.13. The molecule has 28 heavy (non-hydrogen) atoms. The van der Waals surface area contributed by atoms with Gasteiger partial charge in [-0.15, -0.1) is 10.2 Å². The van der Waals surface area contributed by atoms with Crippen LogP contribution in [0.3, 0.4) is 0 Å². The lowest BCUT2D eigenvalue weighted by atomic mass is 10.0. The van der Waals surface area contributed by atoms with Crippen LogP contribution in [0.1, 0.15) is 47.8 Å².